The summed E-state index contributed by atoms with van der Waals surface area (Å²) in [7, 11) is 0. The first-order chi connectivity index (χ1) is 14.1. The summed E-state index contributed by atoms with van der Waals surface area (Å²) in [6.07, 6.45) is 2.42. The summed E-state index contributed by atoms with van der Waals surface area (Å²) >= 11 is 0. The van der Waals surface area contributed by atoms with E-state index in [1.807, 2.05) is 13.0 Å². The molecule has 2 aromatic carbocycles. The lowest BCUT2D eigenvalue weighted by Crippen LogP contribution is -2.32. The molecule has 0 spiro atoms. The van der Waals surface area contributed by atoms with Crippen LogP contribution in [0.3, 0.4) is 0 Å². The number of ether oxygens (including phenoxy) is 1. The molecule has 0 bridgehead atoms. The van der Waals surface area contributed by atoms with Crippen LogP contribution < -0.4 is 20.7 Å². The molecule has 0 saturated heterocycles. The van der Waals surface area contributed by atoms with Gasteiger partial charge in [0, 0.05) is 25.0 Å². The average molecular weight is 389 g/mol. The van der Waals surface area contributed by atoms with Crippen LogP contribution in [0.4, 0.5) is 17.5 Å². The zero-order chi connectivity index (χ0) is 20.2. The number of aromatic nitrogens is 2. The minimum absolute atomic E-state index is 0.164. The lowest BCUT2D eigenvalue weighted by molar-refractivity contribution is 0.102. The number of carbonyl (C=O) groups excluding carboxylic acids is 1. The molecule has 1 aliphatic rings. The molecule has 0 atom stereocenters. The number of nitrogens with zero attached hydrogens (tertiary/aromatic N) is 3. The fraction of sp³-hybridized carbons (Fsp3) is 0.227. The van der Waals surface area contributed by atoms with Crippen LogP contribution in [0.5, 0.6) is 5.75 Å². The lowest BCUT2D eigenvalue weighted by atomic mass is 10.0. The molecular formula is C22H23N5O2. The van der Waals surface area contributed by atoms with E-state index in [1.165, 1.54) is 17.3 Å². The van der Waals surface area contributed by atoms with Crippen molar-refractivity contribution in [2.24, 2.45) is 0 Å². The molecule has 1 amide bonds. The zero-order valence-electron chi connectivity index (χ0n) is 16.3. The van der Waals surface area contributed by atoms with E-state index in [2.05, 4.69) is 38.4 Å². The smallest absolute Gasteiger partial charge is 0.260 e. The molecule has 3 aromatic rings. The van der Waals surface area contributed by atoms with Crippen LogP contribution >= 0.6 is 0 Å². The Morgan fingerprint density at radius 3 is 2.66 bits per heavy atom. The second kappa shape index (κ2) is 8.18. The van der Waals surface area contributed by atoms with Crippen LogP contribution in [0.25, 0.3) is 0 Å². The summed E-state index contributed by atoms with van der Waals surface area (Å²) in [5.41, 5.74) is 9.59. The van der Waals surface area contributed by atoms with Gasteiger partial charge in [0.1, 0.15) is 17.1 Å². The van der Waals surface area contributed by atoms with Gasteiger partial charge in [-0.2, -0.15) is 4.98 Å². The van der Waals surface area contributed by atoms with Gasteiger partial charge in [-0.25, -0.2) is 4.98 Å². The Balaban J connectivity index is 1.46. The lowest BCUT2D eigenvalue weighted by Gasteiger charge is -2.29. The Kier molecular flexibility index (Phi) is 5.29. The number of nitrogen functional groups attached to an aromatic ring is 1. The minimum atomic E-state index is -0.345. The van der Waals surface area contributed by atoms with Crippen molar-refractivity contribution < 1.29 is 9.53 Å². The maximum Gasteiger partial charge on any atom is 0.260 e. The monoisotopic (exact) mass is 389 g/mol. The number of hydrogen-bond donors (Lipinski definition) is 2. The predicted molar refractivity (Wildman–Crippen MR) is 113 cm³/mol. The van der Waals surface area contributed by atoms with E-state index in [0.717, 1.165) is 25.3 Å². The van der Waals surface area contributed by atoms with Gasteiger partial charge in [-0.15, -0.1) is 0 Å². The molecule has 7 heteroatoms. The predicted octanol–water partition coefficient (Wildman–Crippen LogP) is 3.27. The summed E-state index contributed by atoms with van der Waals surface area (Å²) in [6.45, 7) is 4.06. The number of amides is 1. The van der Waals surface area contributed by atoms with Crippen molar-refractivity contribution in [3.05, 3.63) is 71.4 Å². The molecular weight excluding hydrogens is 366 g/mol. The average Bonchev–Trinajstić information content (AvgIpc) is 2.75. The summed E-state index contributed by atoms with van der Waals surface area (Å²) in [6, 6.07) is 15.5. The first-order valence-corrected chi connectivity index (χ1v) is 9.62. The van der Waals surface area contributed by atoms with Crippen molar-refractivity contribution in [1.29, 1.82) is 0 Å². The first-order valence-electron chi connectivity index (χ1n) is 9.62. The van der Waals surface area contributed by atoms with E-state index in [-0.39, 0.29) is 17.3 Å². The van der Waals surface area contributed by atoms with Gasteiger partial charge in [-0.1, -0.05) is 24.3 Å². The Hall–Kier alpha value is -3.61. The van der Waals surface area contributed by atoms with Crippen LogP contribution in [-0.4, -0.2) is 29.0 Å². The topological polar surface area (TPSA) is 93.4 Å². The molecule has 148 valence electrons. The number of rotatable bonds is 5. The van der Waals surface area contributed by atoms with Crippen molar-refractivity contribution in [2.75, 3.05) is 29.1 Å². The van der Waals surface area contributed by atoms with E-state index >= 15 is 0 Å². The highest BCUT2D eigenvalue weighted by molar-refractivity contribution is 6.07. The molecule has 0 fully saturated rings. The van der Waals surface area contributed by atoms with Gasteiger partial charge in [0.15, 0.2) is 0 Å². The Labute approximate surface area is 169 Å². The van der Waals surface area contributed by atoms with Crippen LogP contribution in [-0.2, 0) is 13.0 Å². The van der Waals surface area contributed by atoms with Crippen LogP contribution in [0.15, 0.2) is 54.7 Å². The maximum atomic E-state index is 12.6. The van der Waals surface area contributed by atoms with E-state index < -0.39 is 0 Å². The number of benzene rings is 2. The second-order valence-electron chi connectivity index (χ2n) is 6.82. The molecule has 7 nitrogen and oxygen atoms in total. The van der Waals surface area contributed by atoms with E-state index in [0.29, 0.717) is 18.2 Å². The summed E-state index contributed by atoms with van der Waals surface area (Å²) in [5, 5.41) is 2.81. The summed E-state index contributed by atoms with van der Waals surface area (Å²) < 4.78 is 5.40. The number of carbonyl (C=O) groups is 1. The van der Waals surface area contributed by atoms with E-state index in [1.54, 1.807) is 24.3 Å². The Morgan fingerprint density at radius 2 is 1.93 bits per heavy atom. The quantitative estimate of drug-likeness (QED) is 0.696. The molecule has 29 heavy (non-hydrogen) atoms. The van der Waals surface area contributed by atoms with Gasteiger partial charge in [0.25, 0.3) is 5.91 Å². The van der Waals surface area contributed by atoms with Crippen molar-refractivity contribution in [3.63, 3.8) is 0 Å². The second-order valence-corrected chi connectivity index (χ2v) is 6.82. The number of hydrogen-bond acceptors (Lipinski definition) is 6. The Bertz CT molecular complexity index is 1020. The molecule has 0 radical (unpaired) electrons. The Morgan fingerprint density at radius 1 is 1.17 bits per heavy atom. The third-order valence-corrected chi connectivity index (χ3v) is 4.89. The van der Waals surface area contributed by atoms with Crippen molar-refractivity contribution in [1.82, 2.24) is 9.97 Å². The summed E-state index contributed by atoms with van der Waals surface area (Å²) in [5.74, 6) is 1.11. The van der Waals surface area contributed by atoms with Crippen molar-refractivity contribution in [2.45, 2.75) is 19.9 Å². The number of nitrogens with two attached hydrogens (primary N) is 1. The molecule has 0 unspecified atom stereocenters. The largest absolute Gasteiger partial charge is 0.494 e. The SMILES string of the molecule is CCOc1ccc(NC(=O)c2cnc(N3CCc4ccccc4C3)nc2N)cc1. The fourth-order valence-electron chi connectivity index (χ4n) is 3.38. The molecule has 0 saturated carbocycles. The third kappa shape index (κ3) is 4.13. The highest BCUT2D eigenvalue weighted by Gasteiger charge is 2.20. The molecule has 4 rings (SSSR count). The van der Waals surface area contributed by atoms with E-state index in [4.69, 9.17) is 10.5 Å². The van der Waals surface area contributed by atoms with Crippen LogP contribution in [0.1, 0.15) is 28.4 Å². The minimum Gasteiger partial charge on any atom is -0.494 e. The van der Waals surface area contributed by atoms with Gasteiger partial charge >= 0.3 is 0 Å². The van der Waals surface area contributed by atoms with Crippen molar-refractivity contribution in [3.8, 4) is 5.75 Å². The molecule has 3 N–H and O–H groups in total. The number of fused-ring (bicyclic) bond motifs is 1. The zero-order valence-corrected chi connectivity index (χ0v) is 16.3. The standard InChI is InChI=1S/C22H23N5O2/c1-2-29-18-9-7-17(8-10-18)25-21(28)19-13-24-22(26-20(19)23)27-12-11-15-5-3-4-6-16(15)14-27/h3-10,13H,2,11-12,14H2,1H3,(H,25,28)(H2,23,24,26). The van der Waals surface area contributed by atoms with Crippen LogP contribution in [0, 0.1) is 0 Å². The van der Waals surface area contributed by atoms with Gasteiger partial charge in [-0.3, -0.25) is 4.79 Å². The van der Waals surface area contributed by atoms with E-state index in [9.17, 15) is 4.79 Å². The van der Waals surface area contributed by atoms with Gasteiger partial charge in [0.2, 0.25) is 5.95 Å². The maximum absolute atomic E-state index is 12.6. The van der Waals surface area contributed by atoms with Crippen molar-refractivity contribution >= 4 is 23.4 Å². The molecule has 1 aromatic heterocycles. The highest BCUT2D eigenvalue weighted by atomic mass is 16.5. The normalized spacial score (nSPS) is 12.9. The van der Waals surface area contributed by atoms with Gasteiger partial charge in [-0.05, 0) is 48.7 Å². The number of anilines is 3. The fourth-order valence-corrected chi connectivity index (χ4v) is 3.38. The van der Waals surface area contributed by atoms with Gasteiger partial charge in [0.05, 0.1) is 6.61 Å². The van der Waals surface area contributed by atoms with Crippen LogP contribution in [0.2, 0.25) is 0 Å². The number of nitrogens with one attached hydrogen (secondary N) is 1. The summed E-state index contributed by atoms with van der Waals surface area (Å²) in [4.78, 5) is 23.4. The first kappa shape index (κ1) is 18.7. The molecule has 2 heterocycles. The molecule has 1 aliphatic heterocycles. The third-order valence-electron chi connectivity index (χ3n) is 4.89. The van der Waals surface area contributed by atoms with Gasteiger partial charge < -0.3 is 20.7 Å². The molecule has 0 aliphatic carbocycles. The highest BCUT2D eigenvalue weighted by Crippen LogP contribution is 2.23.